The van der Waals surface area contributed by atoms with Gasteiger partial charge in [0.25, 0.3) is 0 Å². The summed E-state index contributed by atoms with van der Waals surface area (Å²) in [4.78, 5) is 35.7. The Hall–Kier alpha value is -1.98. The number of carbonyl (C=O) groups excluding carboxylic acids is 3. The van der Waals surface area contributed by atoms with E-state index in [9.17, 15) is 14.4 Å². The number of hydrogen-bond donors (Lipinski definition) is 0. The van der Waals surface area contributed by atoms with Crippen LogP contribution in [0.2, 0.25) is 5.02 Å². The Labute approximate surface area is 136 Å². The van der Waals surface area contributed by atoms with Gasteiger partial charge in [0.2, 0.25) is 0 Å². The maximum Gasteiger partial charge on any atom is 0.306 e. The lowest BCUT2D eigenvalue weighted by Crippen LogP contribution is -2.14. The lowest BCUT2D eigenvalue weighted by atomic mass is 10.1. The van der Waals surface area contributed by atoms with Gasteiger partial charge in [0.15, 0.2) is 18.2 Å². The fourth-order valence-electron chi connectivity index (χ4n) is 1.71. The van der Waals surface area contributed by atoms with Gasteiger partial charge in [0.05, 0.1) is 11.3 Å². The Morgan fingerprint density at radius 2 is 1.73 bits per heavy atom. The minimum absolute atomic E-state index is 0.0371. The fraction of sp³-hybridized carbons (Fsp3) is 0.188. The molecule has 0 aliphatic rings. The van der Waals surface area contributed by atoms with Crippen LogP contribution in [0.3, 0.4) is 0 Å². The molecule has 4 nitrogen and oxygen atoms in total. The molecule has 1 aromatic carbocycles. The number of thiophene rings is 1. The first kappa shape index (κ1) is 16.4. The minimum atomic E-state index is -0.563. The van der Waals surface area contributed by atoms with Crippen LogP contribution in [-0.4, -0.2) is 24.1 Å². The molecule has 2 aromatic rings. The van der Waals surface area contributed by atoms with Crippen LogP contribution in [-0.2, 0) is 9.53 Å². The van der Waals surface area contributed by atoms with Crippen LogP contribution in [0.5, 0.6) is 0 Å². The summed E-state index contributed by atoms with van der Waals surface area (Å²) in [5.41, 5.74) is 0.423. The van der Waals surface area contributed by atoms with E-state index >= 15 is 0 Å². The molecule has 114 valence electrons. The zero-order chi connectivity index (χ0) is 15.9. The average molecular weight is 337 g/mol. The predicted molar refractivity (Wildman–Crippen MR) is 84.6 cm³/mol. The Morgan fingerprint density at radius 1 is 1.00 bits per heavy atom. The number of rotatable bonds is 7. The summed E-state index contributed by atoms with van der Waals surface area (Å²) in [6.45, 7) is -0.340. The molecule has 0 aliphatic heterocycles. The third kappa shape index (κ3) is 4.79. The molecule has 1 aromatic heterocycles. The molecule has 0 saturated heterocycles. The van der Waals surface area contributed by atoms with Crippen molar-refractivity contribution in [3.63, 3.8) is 0 Å². The van der Waals surface area contributed by atoms with Crippen molar-refractivity contribution >= 4 is 40.5 Å². The van der Waals surface area contributed by atoms with E-state index < -0.39 is 5.97 Å². The predicted octanol–water partition coefficient (Wildman–Crippen LogP) is 3.79. The van der Waals surface area contributed by atoms with Crippen molar-refractivity contribution in [2.24, 2.45) is 0 Å². The molecule has 6 heteroatoms. The maximum absolute atomic E-state index is 11.8. The summed E-state index contributed by atoms with van der Waals surface area (Å²) in [7, 11) is 0. The van der Waals surface area contributed by atoms with E-state index in [1.807, 2.05) is 0 Å². The summed E-state index contributed by atoms with van der Waals surface area (Å²) in [6.07, 6.45) is 0.0408. The highest BCUT2D eigenvalue weighted by Crippen LogP contribution is 2.13. The van der Waals surface area contributed by atoms with Gasteiger partial charge in [-0.3, -0.25) is 14.4 Å². The maximum atomic E-state index is 11.8. The van der Waals surface area contributed by atoms with Crippen molar-refractivity contribution in [1.29, 1.82) is 0 Å². The van der Waals surface area contributed by atoms with Gasteiger partial charge >= 0.3 is 5.97 Å². The molecule has 2 rings (SSSR count). The normalized spacial score (nSPS) is 10.2. The zero-order valence-electron chi connectivity index (χ0n) is 11.6. The number of ketones is 2. The average Bonchev–Trinajstić information content (AvgIpc) is 3.05. The van der Waals surface area contributed by atoms with Gasteiger partial charge in [-0.05, 0) is 35.7 Å². The molecular weight excluding hydrogens is 324 g/mol. The first-order valence-corrected chi connectivity index (χ1v) is 7.83. The fourth-order valence-corrected chi connectivity index (χ4v) is 2.53. The Bertz CT molecular complexity index is 662. The van der Waals surface area contributed by atoms with Gasteiger partial charge in [-0.2, -0.15) is 0 Å². The SMILES string of the molecule is O=C(CCC(=O)c1cccs1)OCC(=O)c1ccc(Cl)cc1. The highest BCUT2D eigenvalue weighted by molar-refractivity contribution is 7.12. The van der Waals surface area contributed by atoms with Crippen LogP contribution in [0, 0.1) is 0 Å². The van der Waals surface area contributed by atoms with E-state index in [0.717, 1.165) is 0 Å². The third-order valence-corrected chi connectivity index (χ3v) is 4.05. The lowest BCUT2D eigenvalue weighted by molar-refractivity contribution is -0.142. The molecule has 22 heavy (non-hydrogen) atoms. The van der Waals surface area contributed by atoms with E-state index in [1.54, 1.807) is 41.8 Å². The van der Waals surface area contributed by atoms with Crippen molar-refractivity contribution in [2.45, 2.75) is 12.8 Å². The van der Waals surface area contributed by atoms with Gasteiger partial charge in [0.1, 0.15) is 0 Å². The number of carbonyl (C=O) groups is 3. The molecule has 0 saturated carbocycles. The Morgan fingerprint density at radius 3 is 2.36 bits per heavy atom. The minimum Gasteiger partial charge on any atom is -0.457 e. The van der Waals surface area contributed by atoms with E-state index in [-0.39, 0.29) is 31.0 Å². The van der Waals surface area contributed by atoms with Crippen LogP contribution >= 0.6 is 22.9 Å². The molecule has 0 atom stereocenters. The number of benzene rings is 1. The number of Topliss-reactive ketones (excluding diaryl/α,β-unsaturated/α-hetero) is 2. The number of hydrogen-bond acceptors (Lipinski definition) is 5. The highest BCUT2D eigenvalue weighted by atomic mass is 35.5. The second-order valence-electron chi connectivity index (χ2n) is 4.49. The van der Waals surface area contributed by atoms with Gasteiger partial charge in [-0.25, -0.2) is 0 Å². The largest absolute Gasteiger partial charge is 0.457 e. The summed E-state index contributed by atoms with van der Waals surface area (Å²) < 4.78 is 4.89. The van der Waals surface area contributed by atoms with Crippen LogP contribution < -0.4 is 0 Å². The highest BCUT2D eigenvalue weighted by Gasteiger charge is 2.13. The molecule has 0 radical (unpaired) electrons. The van der Waals surface area contributed by atoms with Crippen LogP contribution in [0.1, 0.15) is 32.9 Å². The topological polar surface area (TPSA) is 60.4 Å². The Balaban J connectivity index is 1.74. The van der Waals surface area contributed by atoms with Gasteiger partial charge in [0, 0.05) is 17.0 Å². The monoisotopic (exact) mass is 336 g/mol. The van der Waals surface area contributed by atoms with Crippen molar-refractivity contribution < 1.29 is 19.1 Å². The van der Waals surface area contributed by atoms with E-state index in [1.165, 1.54) is 11.3 Å². The second kappa shape index (κ2) is 7.87. The molecule has 0 bridgehead atoms. The zero-order valence-corrected chi connectivity index (χ0v) is 13.2. The first-order valence-electron chi connectivity index (χ1n) is 6.57. The molecule has 0 unspecified atom stereocenters. The van der Waals surface area contributed by atoms with E-state index in [4.69, 9.17) is 16.3 Å². The summed E-state index contributed by atoms with van der Waals surface area (Å²) in [5, 5.41) is 2.33. The van der Waals surface area contributed by atoms with Crippen molar-refractivity contribution in [3.8, 4) is 0 Å². The molecule has 0 amide bonds. The van der Waals surface area contributed by atoms with Crippen molar-refractivity contribution in [3.05, 3.63) is 57.2 Å². The summed E-state index contributed by atoms with van der Waals surface area (Å²) >= 11 is 7.06. The molecule has 0 spiro atoms. The summed E-state index contributed by atoms with van der Waals surface area (Å²) in [5.74, 6) is -0.974. The first-order chi connectivity index (χ1) is 10.6. The quantitative estimate of drug-likeness (QED) is 0.570. The van der Waals surface area contributed by atoms with Gasteiger partial charge in [-0.1, -0.05) is 17.7 Å². The second-order valence-corrected chi connectivity index (χ2v) is 5.88. The molecule has 1 heterocycles. The summed E-state index contributed by atoms with van der Waals surface area (Å²) in [6, 6.07) is 9.81. The molecular formula is C16H13ClO4S. The van der Waals surface area contributed by atoms with Crippen LogP contribution in [0.15, 0.2) is 41.8 Å². The standard InChI is InChI=1S/C16H13ClO4S/c17-12-5-3-11(4-6-12)14(19)10-21-16(20)8-7-13(18)15-2-1-9-22-15/h1-6,9H,7-8,10H2. The molecule has 0 fully saturated rings. The van der Waals surface area contributed by atoms with E-state index in [0.29, 0.717) is 15.5 Å². The van der Waals surface area contributed by atoms with Crippen molar-refractivity contribution in [1.82, 2.24) is 0 Å². The lowest BCUT2D eigenvalue weighted by Gasteiger charge is -2.04. The van der Waals surface area contributed by atoms with Crippen LogP contribution in [0.4, 0.5) is 0 Å². The van der Waals surface area contributed by atoms with E-state index in [2.05, 4.69) is 0 Å². The Kier molecular flexibility index (Phi) is 5.86. The number of ether oxygens (including phenoxy) is 1. The van der Waals surface area contributed by atoms with Crippen molar-refractivity contribution in [2.75, 3.05) is 6.61 Å². The smallest absolute Gasteiger partial charge is 0.306 e. The number of esters is 1. The van der Waals surface area contributed by atoms with Gasteiger partial charge < -0.3 is 4.74 Å². The van der Waals surface area contributed by atoms with Gasteiger partial charge in [-0.15, -0.1) is 11.3 Å². The molecule has 0 aliphatic carbocycles. The van der Waals surface area contributed by atoms with Crippen LogP contribution in [0.25, 0.3) is 0 Å². The third-order valence-electron chi connectivity index (χ3n) is 2.88. The molecule has 0 N–H and O–H groups in total. The number of halogens is 1.